The van der Waals surface area contributed by atoms with Crippen molar-refractivity contribution in [3.63, 3.8) is 0 Å². The molecule has 1 aliphatic heterocycles. The van der Waals surface area contributed by atoms with Crippen LogP contribution in [0, 0.1) is 0 Å². The minimum absolute atomic E-state index is 0.0621. The van der Waals surface area contributed by atoms with Gasteiger partial charge in [-0.05, 0) is 31.7 Å². The first kappa shape index (κ1) is 15.5. The molecule has 1 saturated heterocycles. The van der Waals surface area contributed by atoms with Crippen LogP contribution in [-0.4, -0.2) is 44.3 Å². The molecule has 1 aromatic carbocycles. The summed E-state index contributed by atoms with van der Waals surface area (Å²) in [5.41, 5.74) is 1.32. The average Bonchev–Trinajstić information content (AvgIpc) is 2.94. The van der Waals surface area contributed by atoms with Crippen molar-refractivity contribution in [2.24, 2.45) is 0 Å². The van der Waals surface area contributed by atoms with Gasteiger partial charge in [0.15, 0.2) is 0 Å². The van der Waals surface area contributed by atoms with Crippen LogP contribution in [0.25, 0.3) is 0 Å². The van der Waals surface area contributed by atoms with E-state index in [1.165, 1.54) is 5.56 Å². The van der Waals surface area contributed by atoms with Crippen LogP contribution in [0.15, 0.2) is 30.3 Å². The molecule has 0 bridgehead atoms. The molecule has 0 radical (unpaired) electrons. The summed E-state index contributed by atoms with van der Waals surface area (Å²) in [6.07, 6.45) is 2.85. The van der Waals surface area contributed by atoms with Crippen LogP contribution in [0.1, 0.15) is 25.3 Å². The normalized spacial score (nSPS) is 20.4. The van der Waals surface area contributed by atoms with Gasteiger partial charge in [-0.2, -0.15) is 4.31 Å². The molecule has 0 amide bonds. The number of aryl methyl sites for hydroxylation is 1. The monoisotopic (exact) mass is 297 g/mol. The first-order valence-corrected chi connectivity index (χ1v) is 8.86. The maximum absolute atomic E-state index is 11.7. The molecule has 0 aliphatic carbocycles. The van der Waals surface area contributed by atoms with E-state index >= 15 is 0 Å². The molecule has 0 spiro atoms. The van der Waals surface area contributed by atoms with E-state index in [1.54, 1.807) is 11.2 Å². The van der Waals surface area contributed by atoms with Gasteiger partial charge in [0.25, 0.3) is 0 Å². The Kier molecular flexibility index (Phi) is 5.57. The molecule has 20 heavy (non-hydrogen) atoms. The second-order valence-electron chi connectivity index (χ2n) is 5.13. The molecule has 1 atom stereocenters. The van der Waals surface area contributed by atoms with E-state index in [2.05, 4.69) is 12.1 Å². The Morgan fingerprint density at radius 3 is 2.75 bits per heavy atom. The van der Waals surface area contributed by atoms with Gasteiger partial charge in [0.2, 0.25) is 10.0 Å². The fourth-order valence-corrected chi connectivity index (χ4v) is 3.58. The second kappa shape index (κ2) is 7.20. The molecular formula is C15H23NO3S. The maximum Gasteiger partial charge on any atom is 0.213 e. The van der Waals surface area contributed by atoms with E-state index in [4.69, 9.17) is 4.74 Å². The number of hydrogen-bond acceptors (Lipinski definition) is 3. The molecule has 0 aromatic heterocycles. The minimum Gasteiger partial charge on any atom is -0.377 e. The van der Waals surface area contributed by atoms with Crippen molar-refractivity contribution in [3.8, 4) is 0 Å². The molecular weight excluding hydrogens is 274 g/mol. The summed E-state index contributed by atoms with van der Waals surface area (Å²) in [5.74, 6) is 0.174. The Balaban J connectivity index is 1.66. The molecule has 1 heterocycles. The lowest BCUT2D eigenvalue weighted by Crippen LogP contribution is -2.31. The smallest absolute Gasteiger partial charge is 0.213 e. The van der Waals surface area contributed by atoms with E-state index in [0.29, 0.717) is 19.7 Å². The van der Waals surface area contributed by atoms with Crippen LogP contribution in [0.3, 0.4) is 0 Å². The highest BCUT2D eigenvalue weighted by molar-refractivity contribution is 7.89. The molecule has 112 valence electrons. The van der Waals surface area contributed by atoms with Crippen LogP contribution >= 0.6 is 0 Å². The molecule has 0 saturated carbocycles. The largest absolute Gasteiger partial charge is 0.377 e. The van der Waals surface area contributed by atoms with Gasteiger partial charge in [-0.15, -0.1) is 0 Å². The predicted molar refractivity (Wildman–Crippen MR) is 80.2 cm³/mol. The highest BCUT2D eigenvalue weighted by Crippen LogP contribution is 2.17. The quantitative estimate of drug-likeness (QED) is 0.724. The van der Waals surface area contributed by atoms with Gasteiger partial charge in [0, 0.05) is 19.7 Å². The number of ether oxygens (including phenoxy) is 1. The number of benzene rings is 1. The van der Waals surface area contributed by atoms with E-state index in [-0.39, 0.29) is 11.9 Å². The van der Waals surface area contributed by atoms with Crippen LogP contribution < -0.4 is 0 Å². The average molecular weight is 297 g/mol. The van der Waals surface area contributed by atoms with Gasteiger partial charge in [-0.3, -0.25) is 0 Å². The van der Waals surface area contributed by atoms with Crippen molar-refractivity contribution in [2.45, 2.75) is 32.3 Å². The molecule has 1 fully saturated rings. The zero-order chi connectivity index (χ0) is 14.4. The van der Waals surface area contributed by atoms with E-state index in [0.717, 1.165) is 19.3 Å². The molecule has 0 unspecified atom stereocenters. The number of hydrogen-bond donors (Lipinski definition) is 0. The summed E-state index contributed by atoms with van der Waals surface area (Å²) in [5, 5.41) is 0. The lowest BCUT2D eigenvalue weighted by molar-refractivity contribution is 0.0621. The van der Waals surface area contributed by atoms with Crippen molar-refractivity contribution < 1.29 is 13.2 Å². The Labute approximate surface area is 121 Å². The van der Waals surface area contributed by atoms with Gasteiger partial charge < -0.3 is 4.74 Å². The first-order valence-electron chi connectivity index (χ1n) is 7.25. The third kappa shape index (κ3) is 4.30. The summed E-state index contributed by atoms with van der Waals surface area (Å²) in [4.78, 5) is 0. The molecule has 2 rings (SSSR count). The van der Waals surface area contributed by atoms with Gasteiger partial charge in [-0.1, -0.05) is 30.3 Å². The van der Waals surface area contributed by atoms with Crippen molar-refractivity contribution in [1.82, 2.24) is 4.31 Å². The molecule has 4 nitrogen and oxygen atoms in total. The molecule has 0 N–H and O–H groups in total. The van der Waals surface area contributed by atoms with E-state index < -0.39 is 10.0 Å². The third-order valence-electron chi connectivity index (χ3n) is 3.67. The Bertz CT molecular complexity index is 501. The van der Waals surface area contributed by atoms with Crippen molar-refractivity contribution >= 4 is 10.0 Å². The van der Waals surface area contributed by atoms with Gasteiger partial charge in [0.05, 0.1) is 11.9 Å². The lowest BCUT2D eigenvalue weighted by Gasteiger charge is -2.15. The Morgan fingerprint density at radius 1 is 1.30 bits per heavy atom. The highest BCUT2D eigenvalue weighted by atomic mass is 32.2. The summed E-state index contributed by atoms with van der Waals surface area (Å²) in [7, 11) is -3.05. The topological polar surface area (TPSA) is 46.6 Å². The van der Waals surface area contributed by atoms with E-state index in [9.17, 15) is 8.42 Å². The van der Waals surface area contributed by atoms with Crippen molar-refractivity contribution in [3.05, 3.63) is 35.9 Å². The third-order valence-corrected chi connectivity index (χ3v) is 5.52. The van der Waals surface area contributed by atoms with Gasteiger partial charge in [0.1, 0.15) is 0 Å². The summed E-state index contributed by atoms with van der Waals surface area (Å²) in [6, 6.07) is 10.3. The second-order valence-corrected chi connectivity index (χ2v) is 7.39. The molecule has 1 aromatic rings. The number of sulfonamides is 1. The predicted octanol–water partition coefficient (Wildman–Crippen LogP) is 2.06. The summed E-state index contributed by atoms with van der Waals surface area (Å²) >= 11 is 0. The van der Waals surface area contributed by atoms with Gasteiger partial charge in [-0.25, -0.2) is 8.42 Å². The lowest BCUT2D eigenvalue weighted by atomic mass is 10.1. The molecule has 5 heteroatoms. The van der Waals surface area contributed by atoms with Gasteiger partial charge >= 0.3 is 0 Å². The van der Waals surface area contributed by atoms with Crippen LogP contribution in [-0.2, 0) is 21.2 Å². The Morgan fingerprint density at radius 2 is 2.05 bits per heavy atom. The van der Waals surface area contributed by atoms with E-state index in [1.807, 2.05) is 18.2 Å². The number of rotatable bonds is 7. The SMILES string of the molecule is CCS(=O)(=O)N1CC[C@H](OCCCc2ccccc2)C1. The highest BCUT2D eigenvalue weighted by Gasteiger charge is 2.30. The molecule has 1 aliphatic rings. The van der Waals surface area contributed by atoms with Crippen molar-refractivity contribution in [2.75, 3.05) is 25.4 Å². The maximum atomic E-state index is 11.7. The summed E-state index contributed by atoms with van der Waals surface area (Å²) in [6.45, 7) is 3.49. The zero-order valence-corrected chi connectivity index (χ0v) is 12.8. The first-order chi connectivity index (χ1) is 9.62. The fraction of sp³-hybridized carbons (Fsp3) is 0.600. The standard InChI is InChI=1S/C15H23NO3S/c1-2-20(17,18)16-11-10-15(13-16)19-12-6-9-14-7-4-3-5-8-14/h3-5,7-8,15H,2,6,9-13H2,1H3/t15-/m0/s1. The fourth-order valence-electron chi connectivity index (χ4n) is 2.44. The number of nitrogens with zero attached hydrogens (tertiary/aromatic N) is 1. The zero-order valence-electron chi connectivity index (χ0n) is 12.0. The van der Waals surface area contributed by atoms with Crippen molar-refractivity contribution in [1.29, 1.82) is 0 Å². The van der Waals surface area contributed by atoms with Crippen LogP contribution in [0.5, 0.6) is 0 Å². The van der Waals surface area contributed by atoms with Crippen LogP contribution in [0.2, 0.25) is 0 Å². The van der Waals surface area contributed by atoms with Crippen LogP contribution in [0.4, 0.5) is 0 Å². The minimum atomic E-state index is -3.05. The summed E-state index contributed by atoms with van der Waals surface area (Å²) < 4.78 is 30.8. The Hall–Kier alpha value is -0.910.